The van der Waals surface area contributed by atoms with Crippen molar-refractivity contribution in [3.63, 3.8) is 0 Å². The Bertz CT molecular complexity index is 607. The van der Waals surface area contributed by atoms with Gasteiger partial charge in [0.25, 0.3) is 0 Å². The summed E-state index contributed by atoms with van der Waals surface area (Å²) in [6.07, 6.45) is 5.40. The monoisotopic (exact) mass is 310 g/mol. The molecule has 6 heteroatoms. The van der Waals surface area contributed by atoms with Gasteiger partial charge in [-0.2, -0.15) is 0 Å². The summed E-state index contributed by atoms with van der Waals surface area (Å²) in [5.41, 5.74) is 1.04. The van der Waals surface area contributed by atoms with Gasteiger partial charge in [-0.3, -0.25) is 0 Å². The van der Waals surface area contributed by atoms with Crippen molar-refractivity contribution >= 4 is 10.0 Å². The lowest BCUT2D eigenvalue weighted by atomic mass is 9.94. The highest BCUT2D eigenvalue weighted by molar-refractivity contribution is 7.89. The van der Waals surface area contributed by atoms with Crippen molar-refractivity contribution in [2.45, 2.75) is 55.6 Å². The maximum atomic E-state index is 12.4. The van der Waals surface area contributed by atoms with Crippen LogP contribution in [-0.2, 0) is 16.6 Å². The highest BCUT2D eigenvalue weighted by Crippen LogP contribution is 2.28. The average Bonchev–Trinajstić information content (AvgIpc) is 3.24. The van der Waals surface area contributed by atoms with Crippen LogP contribution in [-0.4, -0.2) is 27.6 Å². The maximum absolute atomic E-state index is 12.4. The van der Waals surface area contributed by atoms with E-state index in [-0.39, 0.29) is 10.9 Å². The zero-order valence-corrected chi connectivity index (χ0v) is 13.1. The molecule has 2 saturated carbocycles. The standard InChI is InChI=1S/C15H22N2O3S/c1-20-14-9-11(10-16-12-6-7-12)5-8-15(14)21(18,19)17-13-3-2-4-13/h5,8-9,12-13,16-17H,2-4,6-7,10H2,1H3. The van der Waals surface area contributed by atoms with Crippen molar-refractivity contribution in [2.75, 3.05) is 7.11 Å². The van der Waals surface area contributed by atoms with Crippen LogP contribution in [0.15, 0.2) is 23.1 Å². The van der Waals surface area contributed by atoms with E-state index in [9.17, 15) is 8.42 Å². The zero-order chi connectivity index (χ0) is 14.9. The van der Waals surface area contributed by atoms with Gasteiger partial charge in [0.2, 0.25) is 10.0 Å². The second-order valence-corrected chi connectivity index (χ2v) is 7.57. The second kappa shape index (κ2) is 5.94. The van der Waals surface area contributed by atoms with Crippen molar-refractivity contribution in [1.82, 2.24) is 10.0 Å². The van der Waals surface area contributed by atoms with E-state index in [2.05, 4.69) is 10.0 Å². The van der Waals surface area contributed by atoms with Crippen molar-refractivity contribution in [1.29, 1.82) is 0 Å². The molecular weight excluding hydrogens is 288 g/mol. The highest BCUT2D eigenvalue weighted by Gasteiger charge is 2.27. The first-order chi connectivity index (χ1) is 10.1. The molecule has 0 heterocycles. The van der Waals surface area contributed by atoms with Crippen molar-refractivity contribution in [3.8, 4) is 5.75 Å². The molecule has 1 aromatic carbocycles. The van der Waals surface area contributed by atoms with Gasteiger partial charge in [-0.05, 0) is 43.4 Å². The van der Waals surface area contributed by atoms with E-state index in [1.165, 1.54) is 20.0 Å². The summed E-state index contributed by atoms with van der Waals surface area (Å²) in [5, 5.41) is 3.41. The van der Waals surface area contributed by atoms with E-state index < -0.39 is 10.0 Å². The fourth-order valence-electron chi connectivity index (χ4n) is 2.40. The molecule has 2 fully saturated rings. The van der Waals surface area contributed by atoms with E-state index in [1.807, 2.05) is 12.1 Å². The number of sulfonamides is 1. The van der Waals surface area contributed by atoms with Crippen LogP contribution in [0.1, 0.15) is 37.7 Å². The summed E-state index contributed by atoms with van der Waals surface area (Å²) in [6, 6.07) is 6.01. The SMILES string of the molecule is COc1cc(CNC2CC2)ccc1S(=O)(=O)NC1CCC1. The van der Waals surface area contributed by atoms with E-state index in [1.54, 1.807) is 6.07 Å². The summed E-state index contributed by atoms with van der Waals surface area (Å²) in [7, 11) is -1.98. The van der Waals surface area contributed by atoms with Gasteiger partial charge < -0.3 is 10.1 Å². The quantitative estimate of drug-likeness (QED) is 0.805. The third kappa shape index (κ3) is 3.56. The molecule has 2 aliphatic rings. The first kappa shape index (κ1) is 14.8. The summed E-state index contributed by atoms with van der Waals surface area (Å²) in [5.74, 6) is 0.414. The van der Waals surface area contributed by atoms with E-state index >= 15 is 0 Å². The lowest BCUT2D eigenvalue weighted by molar-refractivity contribution is 0.379. The highest BCUT2D eigenvalue weighted by atomic mass is 32.2. The number of hydrogen-bond donors (Lipinski definition) is 2. The Morgan fingerprint density at radius 2 is 1.95 bits per heavy atom. The predicted molar refractivity (Wildman–Crippen MR) is 80.8 cm³/mol. The number of rotatable bonds is 7. The smallest absolute Gasteiger partial charge is 0.244 e. The topological polar surface area (TPSA) is 67.4 Å². The molecule has 21 heavy (non-hydrogen) atoms. The zero-order valence-electron chi connectivity index (χ0n) is 12.3. The van der Waals surface area contributed by atoms with Crippen molar-refractivity contribution < 1.29 is 13.2 Å². The van der Waals surface area contributed by atoms with Gasteiger partial charge in [-0.15, -0.1) is 0 Å². The number of ether oxygens (including phenoxy) is 1. The van der Waals surface area contributed by atoms with E-state index in [0.717, 1.165) is 31.4 Å². The van der Waals surface area contributed by atoms with Crippen LogP contribution >= 0.6 is 0 Å². The lowest BCUT2D eigenvalue weighted by Gasteiger charge is -2.26. The number of nitrogens with one attached hydrogen (secondary N) is 2. The molecule has 0 atom stereocenters. The van der Waals surface area contributed by atoms with Crippen LogP contribution in [0, 0.1) is 0 Å². The third-order valence-corrected chi connectivity index (χ3v) is 5.68. The summed E-state index contributed by atoms with van der Waals surface area (Å²) in [4.78, 5) is 0.229. The molecule has 2 N–H and O–H groups in total. The molecular formula is C15H22N2O3S. The predicted octanol–water partition coefficient (Wildman–Crippen LogP) is 1.78. The summed E-state index contributed by atoms with van der Waals surface area (Å²) < 4.78 is 32.8. The molecule has 0 aromatic heterocycles. The van der Waals surface area contributed by atoms with Gasteiger partial charge in [0.05, 0.1) is 7.11 Å². The van der Waals surface area contributed by atoms with Crippen LogP contribution < -0.4 is 14.8 Å². The molecule has 2 aliphatic carbocycles. The van der Waals surface area contributed by atoms with Crippen LogP contribution in [0.2, 0.25) is 0 Å². The molecule has 3 rings (SSSR count). The molecule has 1 aromatic rings. The summed E-state index contributed by atoms with van der Waals surface area (Å²) >= 11 is 0. The molecule has 0 saturated heterocycles. The van der Waals surface area contributed by atoms with Gasteiger partial charge in [-0.1, -0.05) is 12.5 Å². The Hall–Kier alpha value is -1.11. The second-order valence-electron chi connectivity index (χ2n) is 5.89. The van der Waals surface area contributed by atoms with Crippen LogP contribution in [0.3, 0.4) is 0 Å². The molecule has 0 aliphatic heterocycles. The fourth-order valence-corrected chi connectivity index (χ4v) is 3.86. The minimum Gasteiger partial charge on any atom is -0.495 e. The Labute approximate surface area is 126 Å². The molecule has 5 nitrogen and oxygen atoms in total. The van der Waals surface area contributed by atoms with Crippen molar-refractivity contribution in [3.05, 3.63) is 23.8 Å². The normalized spacial score (nSPS) is 19.3. The van der Waals surface area contributed by atoms with Gasteiger partial charge in [0, 0.05) is 18.6 Å². The third-order valence-electron chi connectivity index (χ3n) is 4.12. The first-order valence-electron chi connectivity index (χ1n) is 7.51. The van der Waals surface area contributed by atoms with Gasteiger partial charge in [-0.25, -0.2) is 13.1 Å². The van der Waals surface area contributed by atoms with Gasteiger partial charge >= 0.3 is 0 Å². The number of methoxy groups -OCH3 is 1. The molecule has 0 unspecified atom stereocenters. The van der Waals surface area contributed by atoms with Crippen LogP contribution in [0.25, 0.3) is 0 Å². The minimum absolute atomic E-state index is 0.0796. The largest absolute Gasteiger partial charge is 0.495 e. The molecule has 0 bridgehead atoms. The Kier molecular flexibility index (Phi) is 4.19. The number of hydrogen-bond acceptors (Lipinski definition) is 4. The molecule has 0 radical (unpaired) electrons. The van der Waals surface area contributed by atoms with Gasteiger partial charge in [0.15, 0.2) is 0 Å². The van der Waals surface area contributed by atoms with Crippen molar-refractivity contribution in [2.24, 2.45) is 0 Å². The van der Waals surface area contributed by atoms with Crippen LogP contribution in [0.4, 0.5) is 0 Å². The lowest BCUT2D eigenvalue weighted by Crippen LogP contribution is -2.39. The minimum atomic E-state index is -3.49. The van der Waals surface area contributed by atoms with E-state index in [4.69, 9.17) is 4.74 Å². The molecule has 0 amide bonds. The number of benzene rings is 1. The first-order valence-corrected chi connectivity index (χ1v) is 8.99. The van der Waals surface area contributed by atoms with Crippen LogP contribution in [0.5, 0.6) is 5.75 Å². The Morgan fingerprint density at radius 1 is 1.19 bits per heavy atom. The van der Waals surface area contributed by atoms with E-state index in [0.29, 0.717) is 11.8 Å². The Balaban J connectivity index is 1.76. The average molecular weight is 310 g/mol. The van der Waals surface area contributed by atoms with Gasteiger partial charge in [0.1, 0.15) is 10.6 Å². The summed E-state index contributed by atoms with van der Waals surface area (Å²) in [6.45, 7) is 0.747. The Morgan fingerprint density at radius 3 is 2.52 bits per heavy atom. The molecule has 0 spiro atoms. The maximum Gasteiger partial charge on any atom is 0.244 e. The molecule has 116 valence electrons. The fraction of sp³-hybridized carbons (Fsp3) is 0.600.